The van der Waals surface area contributed by atoms with E-state index in [4.69, 9.17) is 34.8 Å². The number of halogens is 3. The van der Waals surface area contributed by atoms with E-state index in [2.05, 4.69) is 0 Å². The van der Waals surface area contributed by atoms with Gasteiger partial charge in [0.2, 0.25) is 0 Å². The Balaban J connectivity index is 3.22. The first-order valence-electron chi connectivity index (χ1n) is 1.20. The van der Waals surface area contributed by atoms with E-state index in [0.29, 0.717) is 5.03 Å². The standard InChI is InChI=1S/C3H2Cl3/c4-1-3(6)2-5/h1-2H. The van der Waals surface area contributed by atoms with Gasteiger partial charge in [0, 0.05) is 10.6 Å². The predicted octanol–water partition coefficient (Wildman–Crippen LogP) is 2.71. The predicted molar refractivity (Wildman–Crippen MR) is 29.9 cm³/mol. The van der Waals surface area contributed by atoms with Gasteiger partial charge in [0.25, 0.3) is 0 Å². The van der Waals surface area contributed by atoms with Crippen LogP contribution in [0.3, 0.4) is 0 Å². The summed E-state index contributed by atoms with van der Waals surface area (Å²) in [5.41, 5.74) is 1.19. The molecule has 6 heavy (non-hydrogen) atoms. The summed E-state index contributed by atoms with van der Waals surface area (Å²) in [7, 11) is 0. The Kier molecular flexibility index (Phi) is 4.17. The van der Waals surface area contributed by atoms with Crippen LogP contribution in [-0.2, 0) is 0 Å². The summed E-state index contributed by atoms with van der Waals surface area (Å²) in [4.78, 5) is 0. The molecule has 0 aliphatic rings. The largest absolute Gasteiger partial charge is 0.115 e. The van der Waals surface area contributed by atoms with Crippen LogP contribution in [0, 0.1) is 5.88 Å². The van der Waals surface area contributed by atoms with Gasteiger partial charge in [-0.3, -0.25) is 0 Å². The molecule has 0 aliphatic heterocycles. The van der Waals surface area contributed by atoms with Crippen molar-refractivity contribution in [3.05, 3.63) is 16.4 Å². The maximum Gasteiger partial charge on any atom is 0.0914 e. The van der Waals surface area contributed by atoms with E-state index in [0.717, 1.165) is 0 Å². The average Bonchev–Trinajstić information content (AvgIpc) is 1.65. The van der Waals surface area contributed by atoms with Crippen LogP contribution < -0.4 is 0 Å². The maximum absolute atomic E-state index is 5.19. The Labute approximate surface area is 51.7 Å². The quantitative estimate of drug-likeness (QED) is 0.531. The third kappa shape index (κ3) is 2.83. The number of hydrogen-bond acceptors (Lipinski definition) is 0. The average molecular weight is 144 g/mol. The molecule has 35 valence electrons. The molecular formula is C3H2Cl3. The van der Waals surface area contributed by atoms with E-state index in [1.54, 1.807) is 0 Å². The van der Waals surface area contributed by atoms with Gasteiger partial charge in [0.1, 0.15) is 0 Å². The van der Waals surface area contributed by atoms with Gasteiger partial charge in [0.05, 0.1) is 5.88 Å². The zero-order valence-electron chi connectivity index (χ0n) is 2.79. The van der Waals surface area contributed by atoms with Crippen LogP contribution in [0.15, 0.2) is 10.6 Å². The third-order valence-corrected chi connectivity index (χ3v) is 1.12. The van der Waals surface area contributed by atoms with Crippen LogP contribution in [0.2, 0.25) is 0 Å². The molecular weight excluding hydrogens is 142 g/mol. The molecule has 0 saturated heterocycles. The third-order valence-electron chi connectivity index (χ3n) is 0.208. The summed E-state index contributed by atoms with van der Waals surface area (Å²) in [5, 5.41) is 0.346. The van der Waals surface area contributed by atoms with Crippen molar-refractivity contribution in [1.82, 2.24) is 0 Å². The van der Waals surface area contributed by atoms with Gasteiger partial charge < -0.3 is 0 Å². The zero-order valence-corrected chi connectivity index (χ0v) is 5.06. The lowest BCUT2D eigenvalue weighted by atomic mass is 10.7. The fraction of sp³-hybridized carbons (Fsp3) is 0. The first kappa shape index (κ1) is 6.61. The first-order chi connectivity index (χ1) is 2.81. The Hall–Kier alpha value is 0.610. The van der Waals surface area contributed by atoms with Crippen molar-refractivity contribution < 1.29 is 0 Å². The van der Waals surface area contributed by atoms with Crippen LogP contribution in [0.4, 0.5) is 0 Å². The van der Waals surface area contributed by atoms with Crippen molar-refractivity contribution in [2.75, 3.05) is 0 Å². The monoisotopic (exact) mass is 143 g/mol. The van der Waals surface area contributed by atoms with Gasteiger partial charge in [0.15, 0.2) is 0 Å². The summed E-state index contributed by atoms with van der Waals surface area (Å²) in [5.74, 6) is 1.19. The molecule has 0 aliphatic carbocycles. The summed E-state index contributed by atoms with van der Waals surface area (Å²) < 4.78 is 0. The summed E-state index contributed by atoms with van der Waals surface area (Å²) >= 11 is 15.3. The highest BCUT2D eigenvalue weighted by molar-refractivity contribution is 6.42. The minimum absolute atomic E-state index is 0.346. The zero-order chi connectivity index (χ0) is 4.99. The van der Waals surface area contributed by atoms with E-state index in [1.807, 2.05) is 0 Å². The van der Waals surface area contributed by atoms with Crippen molar-refractivity contribution in [3.63, 3.8) is 0 Å². The summed E-state index contributed by atoms with van der Waals surface area (Å²) in [6, 6.07) is 0. The van der Waals surface area contributed by atoms with Crippen molar-refractivity contribution in [3.8, 4) is 0 Å². The molecule has 0 fully saturated rings. The minimum Gasteiger partial charge on any atom is -0.115 e. The molecule has 3 heteroatoms. The lowest BCUT2D eigenvalue weighted by Crippen LogP contribution is -1.54. The molecule has 1 radical (unpaired) electrons. The van der Waals surface area contributed by atoms with Gasteiger partial charge in [-0.2, -0.15) is 0 Å². The van der Waals surface area contributed by atoms with Gasteiger partial charge in [-0.1, -0.05) is 23.2 Å². The molecule has 0 aromatic carbocycles. The molecule has 0 heterocycles. The lowest BCUT2D eigenvalue weighted by Gasteiger charge is -1.76. The van der Waals surface area contributed by atoms with Gasteiger partial charge in [-0.15, -0.1) is 11.6 Å². The lowest BCUT2D eigenvalue weighted by molar-refractivity contribution is 1.93. The Morgan fingerprint density at radius 3 is 1.83 bits per heavy atom. The molecule has 0 amide bonds. The Morgan fingerprint density at radius 1 is 1.33 bits per heavy atom. The van der Waals surface area contributed by atoms with Gasteiger partial charge in [-0.05, 0) is 0 Å². The highest BCUT2D eigenvalue weighted by Gasteiger charge is 1.81. The highest BCUT2D eigenvalue weighted by atomic mass is 35.5. The molecule has 0 aromatic heterocycles. The fourth-order valence-electron chi connectivity index (χ4n) is 0.0238. The van der Waals surface area contributed by atoms with E-state index >= 15 is 0 Å². The number of allylic oxidation sites excluding steroid dienone is 1. The van der Waals surface area contributed by atoms with Crippen LogP contribution in [0.25, 0.3) is 0 Å². The molecule has 0 nitrogen and oxygen atoms in total. The second-order valence-electron chi connectivity index (χ2n) is 0.603. The maximum atomic E-state index is 5.19. The molecule has 0 atom stereocenters. The Bertz CT molecular complexity index is 57.1. The van der Waals surface area contributed by atoms with Crippen LogP contribution in [-0.4, -0.2) is 0 Å². The fourth-order valence-corrected chi connectivity index (χ4v) is 0.214. The van der Waals surface area contributed by atoms with Gasteiger partial charge in [-0.25, -0.2) is 0 Å². The minimum atomic E-state index is 0.346. The molecule has 0 unspecified atom stereocenters. The second kappa shape index (κ2) is 3.79. The van der Waals surface area contributed by atoms with Crippen molar-refractivity contribution in [2.24, 2.45) is 0 Å². The molecule has 0 rings (SSSR count). The van der Waals surface area contributed by atoms with E-state index in [-0.39, 0.29) is 0 Å². The van der Waals surface area contributed by atoms with E-state index in [1.165, 1.54) is 11.4 Å². The van der Waals surface area contributed by atoms with Crippen LogP contribution in [0.5, 0.6) is 0 Å². The van der Waals surface area contributed by atoms with E-state index in [9.17, 15) is 0 Å². The summed E-state index contributed by atoms with van der Waals surface area (Å²) in [6.07, 6.45) is 0. The normalized spacial score (nSPS) is 12.2. The van der Waals surface area contributed by atoms with Crippen molar-refractivity contribution in [2.45, 2.75) is 0 Å². The topological polar surface area (TPSA) is 0 Å². The number of rotatable bonds is 1. The van der Waals surface area contributed by atoms with Gasteiger partial charge >= 0.3 is 0 Å². The Morgan fingerprint density at radius 2 is 1.83 bits per heavy atom. The van der Waals surface area contributed by atoms with Crippen LogP contribution in [0.1, 0.15) is 0 Å². The van der Waals surface area contributed by atoms with E-state index < -0.39 is 0 Å². The van der Waals surface area contributed by atoms with Crippen LogP contribution >= 0.6 is 34.8 Å². The highest BCUT2D eigenvalue weighted by Crippen LogP contribution is 2.08. The SMILES string of the molecule is Cl[CH]C(Cl)=CCl. The molecule has 0 aromatic rings. The second-order valence-corrected chi connectivity index (χ2v) is 1.48. The number of hydrogen-bond donors (Lipinski definition) is 0. The smallest absolute Gasteiger partial charge is 0.0914 e. The summed E-state index contributed by atoms with van der Waals surface area (Å²) in [6.45, 7) is 0. The van der Waals surface area contributed by atoms with Crippen molar-refractivity contribution in [1.29, 1.82) is 0 Å². The molecule has 0 spiro atoms. The molecule has 0 N–H and O–H groups in total. The molecule has 0 bridgehead atoms. The first-order valence-corrected chi connectivity index (χ1v) is 2.45. The molecule has 0 saturated carbocycles. The van der Waals surface area contributed by atoms with Crippen molar-refractivity contribution >= 4 is 34.8 Å².